The number of rotatable bonds is 10. The van der Waals surface area contributed by atoms with Crippen molar-refractivity contribution in [3.63, 3.8) is 0 Å². The van der Waals surface area contributed by atoms with Crippen molar-refractivity contribution >= 4 is 61.9 Å². The highest BCUT2D eigenvalue weighted by Gasteiger charge is 2.06. The molecule has 194 valence electrons. The Morgan fingerprint density at radius 1 is 0.684 bits per heavy atom. The lowest BCUT2D eigenvalue weighted by molar-refractivity contribution is 0.294. The summed E-state index contributed by atoms with van der Waals surface area (Å²) in [5, 5.41) is 5.76. The number of hydrogen-bond acceptors (Lipinski definition) is 8. The second-order valence-corrected chi connectivity index (χ2v) is 11.6. The van der Waals surface area contributed by atoms with E-state index in [4.69, 9.17) is 33.9 Å². The van der Waals surface area contributed by atoms with Crippen LogP contribution in [0.2, 0.25) is 0 Å². The molecule has 0 radical (unpaired) electrons. The van der Waals surface area contributed by atoms with Crippen LogP contribution in [0.3, 0.4) is 0 Å². The predicted molar refractivity (Wildman–Crippen MR) is 165 cm³/mol. The number of anilines is 1. The average molecular weight is 578 g/mol. The molecule has 0 aliphatic heterocycles. The average Bonchev–Trinajstić information content (AvgIpc) is 2.93. The molecule has 0 aliphatic rings. The third-order valence-corrected chi connectivity index (χ3v) is 8.01. The van der Waals surface area contributed by atoms with Gasteiger partial charge in [-0.05, 0) is 89.7 Å². The van der Waals surface area contributed by atoms with E-state index in [0.717, 1.165) is 32.4 Å². The van der Waals surface area contributed by atoms with E-state index in [2.05, 4.69) is 46.5 Å². The summed E-state index contributed by atoms with van der Waals surface area (Å²) in [6.45, 7) is 4.87. The summed E-state index contributed by atoms with van der Waals surface area (Å²) in [7, 11) is 3.10. The van der Waals surface area contributed by atoms with E-state index in [1.165, 1.54) is 11.1 Å². The fraction of sp³-hybridized carbons (Fsp3) is 0.172. The minimum atomic E-state index is 0.330. The first-order chi connectivity index (χ1) is 18.4. The Bertz CT molecular complexity index is 1240. The molecule has 1 N–H and O–H groups in total. The van der Waals surface area contributed by atoms with Crippen molar-refractivity contribution in [1.29, 1.82) is 0 Å². The molecule has 38 heavy (non-hydrogen) atoms. The third kappa shape index (κ3) is 9.40. The van der Waals surface area contributed by atoms with Crippen molar-refractivity contribution in [2.45, 2.75) is 43.5 Å². The number of aromatic nitrogens is 2. The van der Waals surface area contributed by atoms with Gasteiger partial charge < -0.3 is 14.8 Å². The van der Waals surface area contributed by atoms with Crippen LogP contribution in [0.15, 0.2) is 95.2 Å². The van der Waals surface area contributed by atoms with Crippen molar-refractivity contribution in [3.05, 3.63) is 113 Å². The topological polar surface area (TPSA) is 56.3 Å². The third-order valence-electron chi connectivity index (χ3n) is 5.34. The Morgan fingerprint density at radius 2 is 1.18 bits per heavy atom. The Morgan fingerprint density at radius 3 is 1.71 bits per heavy atom. The molecule has 0 bridgehead atoms. The van der Waals surface area contributed by atoms with Gasteiger partial charge in [0.1, 0.15) is 23.3 Å². The van der Waals surface area contributed by atoms with Crippen LogP contribution in [-0.4, -0.2) is 20.2 Å². The highest BCUT2D eigenvalue weighted by molar-refractivity contribution is 8.76. The lowest BCUT2D eigenvalue weighted by atomic mass is 10.1. The van der Waals surface area contributed by atoms with Gasteiger partial charge in [0, 0.05) is 35.6 Å². The maximum Gasteiger partial charge on any atom is 0.261 e. The number of thiocarbonyl (C=S) groups is 2. The summed E-state index contributed by atoms with van der Waals surface area (Å²) >= 11 is 10.7. The number of aryl methyl sites for hydroxylation is 2. The lowest BCUT2D eigenvalue weighted by Crippen LogP contribution is -2.13. The standard InChI is InChI=1S/C29H27N3O2S4/c1-20-3-7-22(8-4-20)15-28(35)33-18-23-9-13-26(30-16-23)37-38-27-14-10-24(17-31-27)19-34-29(36)32-25-11-5-21(2)6-12-25/h3-14,16-17H,15,18-19H2,1-2H3,(H,32,36). The van der Waals surface area contributed by atoms with E-state index in [1.807, 2.05) is 61.7 Å². The van der Waals surface area contributed by atoms with Crippen molar-refractivity contribution in [1.82, 2.24) is 9.97 Å². The summed E-state index contributed by atoms with van der Waals surface area (Å²) in [5.41, 5.74) is 6.39. The van der Waals surface area contributed by atoms with Crippen LogP contribution < -0.4 is 5.32 Å². The van der Waals surface area contributed by atoms with E-state index < -0.39 is 0 Å². The highest BCUT2D eigenvalue weighted by atomic mass is 33.1. The van der Waals surface area contributed by atoms with Crippen LogP contribution in [-0.2, 0) is 29.1 Å². The van der Waals surface area contributed by atoms with Gasteiger partial charge in [0.15, 0.2) is 5.05 Å². The maximum atomic E-state index is 5.76. The van der Waals surface area contributed by atoms with Gasteiger partial charge in [-0.25, -0.2) is 9.97 Å². The minimum absolute atomic E-state index is 0.330. The molecule has 4 rings (SSSR count). The molecule has 2 aromatic carbocycles. The van der Waals surface area contributed by atoms with Crippen LogP contribution >= 0.6 is 46.0 Å². The monoisotopic (exact) mass is 577 g/mol. The van der Waals surface area contributed by atoms with Crippen LogP contribution in [0, 0.1) is 13.8 Å². The van der Waals surface area contributed by atoms with Crippen molar-refractivity contribution in [2.24, 2.45) is 0 Å². The summed E-state index contributed by atoms with van der Waals surface area (Å²) in [6.07, 6.45) is 4.24. The molecule has 0 fully saturated rings. The zero-order chi connectivity index (χ0) is 26.7. The van der Waals surface area contributed by atoms with Crippen LogP contribution in [0.5, 0.6) is 0 Å². The van der Waals surface area contributed by atoms with E-state index >= 15 is 0 Å². The van der Waals surface area contributed by atoms with E-state index in [-0.39, 0.29) is 0 Å². The van der Waals surface area contributed by atoms with Gasteiger partial charge in [-0.1, -0.05) is 59.7 Å². The van der Waals surface area contributed by atoms with Gasteiger partial charge in [0.05, 0.1) is 0 Å². The second kappa shape index (κ2) is 14.2. The molecule has 0 saturated carbocycles. The van der Waals surface area contributed by atoms with E-state index in [0.29, 0.717) is 29.9 Å². The second-order valence-electron chi connectivity index (χ2n) is 8.57. The predicted octanol–water partition coefficient (Wildman–Crippen LogP) is 7.89. The molecular weight excluding hydrogens is 551 g/mol. The Hall–Kier alpha value is -2.98. The Labute approximate surface area is 242 Å². The molecule has 0 unspecified atom stereocenters. The molecule has 0 amide bonds. The lowest BCUT2D eigenvalue weighted by Gasteiger charge is -2.10. The van der Waals surface area contributed by atoms with Gasteiger partial charge >= 0.3 is 0 Å². The molecule has 2 heterocycles. The minimum Gasteiger partial charge on any atom is -0.482 e. The molecule has 4 aromatic rings. The summed E-state index contributed by atoms with van der Waals surface area (Å²) < 4.78 is 11.4. The van der Waals surface area contributed by atoms with Crippen LogP contribution in [0.25, 0.3) is 0 Å². The van der Waals surface area contributed by atoms with Crippen molar-refractivity contribution in [2.75, 3.05) is 5.32 Å². The molecule has 9 heteroatoms. The van der Waals surface area contributed by atoms with Crippen molar-refractivity contribution < 1.29 is 9.47 Å². The summed E-state index contributed by atoms with van der Waals surface area (Å²) in [6, 6.07) is 24.2. The number of nitrogens with zero attached hydrogens (tertiary/aromatic N) is 2. The zero-order valence-electron chi connectivity index (χ0n) is 21.0. The first-order valence-corrected chi connectivity index (χ1v) is 14.9. The largest absolute Gasteiger partial charge is 0.482 e. The Kier molecular flexibility index (Phi) is 10.5. The zero-order valence-corrected chi connectivity index (χ0v) is 24.3. The van der Waals surface area contributed by atoms with Gasteiger partial charge in [0.25, 0.3) is 5.17 Å². The fourth-order valence-electron chi connectivity index (χ4n) is 3.20. The van der Waals surface area contributed by atoms with Gasteiger partial charge in [-0.3, -0.25) is 0 Å². The normalized spacial score (nSPS) is 10.6. The summed E-state index contributed by atoms with van der Waals surface area (Å²) in [5.74, 6) is 0. The number of nitrogens with one attached hydrogen (secondary N) is 1. The first kappa shape index (κ1) is 28.0. The molecule has 0 saturated heterocycles. The molecule has 2 aromatic heterocycles. The highest BCUT2D eigenvalue weighted by Crippen LogP contribution is 2.35. The SMILES string of the molecule is Cc1ccc(CC(=S)OCc2ccc(SSc3ccc(COC(=S)Nc4ccc(C)cc4)cn3)nc2)cc1. The van der Waals surface area contributed by atoms with Gasteiger partial charge in [0.2, 0.25) is 0 Å². The van der Waals surface area contributed by atoms with Gasteiger partial charge in [-0.15, -0.1) is 0 Å². The molecule has 0 aliphatic carbocycles. The molecular formula is C29H27N3O2S4. The van der Waals surface area contributed by atoms with E-state index in [9.17, 15) is 0 Å². The maximum absolute atomic E-state index is 5.76. The number of hydrogen-bond donors (Lipinski definition) is 1. The number of pyridine rings is 2. The number of ether oxygens (including phenoxy) is 2. The molecule has 0 spiro atoms. The Balaban J connectivity index is 1.16. The quantitative estimate of drug-likeness (QED) is 0.150. The van der Waals surface area contributed by atoms with Crippen LogP contribution in [0.1, 0.15) is 27.8 Å². The van der Waals surface area contributed by atoms with E-state index in [1.54, 1.807) is 27.8 Å². The number of benzene rings is 2. The summed E-state index contributed by atoms with van der Waals surface area (Å²) in [4.78, 5) is 9.03. The molecule has 5 nitrogen and oxygen atoms in total. The van der Waals surface area contributed by atoms with Crippen LogP contribution in [0.4, 0.5) is 5.69 Å². The smallest absolute Gasteiger partial charge is 0.261 e. The first-order valence-electron chi connectivity index (χ1n) is 11.9. The van der Waals surface area contributed by atoms with Gasteiger partial charge in [-0.2, -0.15) is 0 Å². The molecule has 0 atom stereocenters. The fourth-order valence-corrected chi connectivity index (χ4v) is 5.32. The van der Waals surface area contributed by atoms with Crippen molar-refractivity contribution in [3.8, 4) is 0 Å².